The van der Waals surface area contributed by atoms with E-state index in [2.05, 4.69) is 20.4 Å². The van der Waals surface area contributed by atoms with Gasteiger partial charge < -0.3 is 10.3 Å². The average Bonchev–Trinajstić information content (AvgIpc) is 3.25. The van der Waals surface area contributed by atoms with E-state index in [9.17, 15) is 9.59 Å². The van der Waals surface area contributed by atoms with E-state index in [1.54, 1.807) is 6.07 Å². The van der Waals surface area contributed by atoms with Gasteiger partial charge in [-0.15, -0.1) is 0 Å². The molecule has 0 spiro atoms. The first-order chi connectivity index (χ1) is 15.7. The number of aromatic amines is 1. The first-order valence-corrected chi connectivity index (χ1v) is 10.1. The summed E-state index contributed by atoms with van der Waals surface area (Å²) in [5, 5.41) is 7.17. The number of nitrogens with one attached hydrogen (secondary N) is 2. The van der Waals surface area contributed by atoms with Crippen LogP contribution in [-0.2, 0) is 6.54 Å². The summed E-state index contributed by atoms with van der Waals surface area (Å²) < 4.78 is 1.29. The van der Waals surface area contributed by atoms with Crippen molar-refractivity contribution in [3.8, 4) is 11.4 Å². The van der Waals surface area contributed by atoms with Crippen LogP contribution in [0.3, 0.4) is 0 Å². The number of nitrogens with zero attached hydrogens (tertiary/aromatic N) is 3. The van der Waals surface area contributed by atoms with Gasteiger partial charge in [0.05, 0.1) is 23.3 Å². The first kappa shape index (κ1) is 19.4. The SMILES string of the molecule is O=C(Nc1ccccc1-c1nc2ccccc2[nH]1)c1ccc(=O)n(Cc2ccccc2)n1. The Morgan fingerprint density at radius 1 is 0.875 bits per heavy atom. The molecule has 3 aromatic carbocycles. The van der Waals surface area contributed by atoms with Crippen LogP contribution in [0.15, 0.2) is 95.8 Å². The van der Waals surface area contributed by atoms with Gasteiger partial charge in [0.2, 0.25) is 0 Å². The maximum atomic E-state index is 13.0. The van der Waals surface area contributed by atoms with Crippen LogP contribution in [0.5, 0.6) is 0 Å². The van der Waals surface area contributed by atoms with Crippen LogP contribution in [-0.4, -0.2) is 25.7 Å². The standard InChI is InChI=1S/C25H19N5O2/c31-23-15-14-22(29-30(23)16-17-8-2-1-3-9-17)25(32)28-19-11-5-4-10-18(19)24-26-20-12-6-7-13-21(20)27-24/h1-15H,16H2,(H,26,27)(H,28,32). The van der Waals surface area contributed by atoms with Crippen LogP contribution in [0.1, 0.15) is 16.1 Å². The quantitative estimate of drug-likeness (QED) is 0.447. The fraction of sp³-hybridized carbons (Fsp3) is 0.0400. The van der Waals surface area contributed by atoms with E-state index in [4.69, 9.17) is 0 Å². The van der Waals surface area contributed by atoms with E-state index >= 15 is 0 Å². The van der Waals surface area contributed by atoms with Gasteiger partial charge in [0, 0.05) is 11.6 Å². The highest BCUT2D eigenvalue weighted by atomic mass is 16.2. The Hall–Kier alpha value is -4.52. The topological polar surface area (TPSA) is 92.7 Å². The average molecular weight is 421 g/mol. The fourth-order valence-electron chi connectivity index (χ4n) is 3.50. The van der Waals surface area contributed by atoms with Crippen molar-refractivity contribution in [2.24, 2.45) is 0 Å². The van der Waals surface area contributed by atoms with E-state index < -0.39 is 5.91 Å². The number of carbonyl (C=O) groups is 1. The highest BCUT2D eigenvalue weighted by molar-refractivity contribution is 6.04. The molecule has 0 aliphatic carbocycles. The summed E-state index contributed by atoms with van der Waals surface area (Å²) in [6.45, 7) is 0.288. The molecule has 0 fully saturated rings. The van der Waals surface area contributed by atoms with Crippen LogP contribution in [0.4, 0.5) is 5.69 Å². The number of aromatic nitrogens is 4. The van der Waals surface area contributed by atoms with Crippen molar-refractivity contribution in [3.05, 3.63) is 113 Å². The molecule has 0 saturated heterocycles. The van der Waals surface area contributed by atoms with Crippen molar-refractivity contribution >= 4 is 22.6 Å². The van der Waals surface area contributed by atoms with E-state index in [0.29, 0.717) is 11.5 Å². The van der Waals surface area contributed by atoms with E-state index in [1.165, 1.54) is 16.8 Å². The lowest BCUT2D eigenvalue weighted by Crippen LogP contribution is -2.26. The zero-order valence-corrected chi connectivity index (χ0v) is 17.0. The molecule has 0 bridgehead atoms. The Labute approximate surface area is 183 Å². The molecule has 2 aromatic heterocycles. The summed E-state index contributed by atoms with van der Waals surface area (Å²) >= 11 is 0. The number of hydrogen-bond donors (Lipinski definition) is 2. The number of hydrogen-bond acceptors (Lipinski definition) is 4. The normalized spacial score (nSPS) is 10.9. The van der Waals surface area contributed by atoms with Gasteiger partial charge in [0.15, 0.2) is 0 Å². The Morgan fingerprint density at radius 3 is 2.47 bits per heavy atom. The van der Waals surface area contributed by atoms with Gasteiger partial charge in [0.1, 0.15) is 11.5 Å². The number of anilines is 1. The van der Waals surface area contributed by atoms with Crippen molar-refractivity contribution < 1.29 is 4.79 Å². The minimum absolute atomic E-state index is 0.153. The Balaban J connectivity index is 1.43. The van der Waals surface area contributed by atoms with Gasteiger partial charge in [0.25, 0.3) is 11.5 Å². The molecule has 0 aliphatic heterocycles. The maximum Gasteiger partial charge on any atom is 0.276 e. The zero-order valence-electron chi connectivity index (χ0n) is 17.0. The molecule has 7 nitrogen and oxygen atoms in total. The maximum absolute atomic E-state index is 13.0. The summed E-state index contributed by atoms with van der Waals surface area (Å²) in [7, 11) is 0. The number of rotatable bonds is 5. The predicted octanol–water partition coefficient (Wildman–Crippen LogP) is 4.09. The second kappa shape index (κ2) is 8.31. The molecule has 0 unspecified atom stereocenters. The lowest BCUT2D eigenvalue weighted by Gasteiger charge is -2.10. The number of H-pyrrole nitrogens is 1. The number of benzene rings is 3. The third-order valence-electron chi connectivity index (χ3n) is 5.09. The Kier molecular flexibility index (Phi) is 5.05. The summed E-state index contributed by atoms with van der Waals surface area (Å²) in [4.78, 5) is 33.1. The van der Waals surface area contributed by atoms with Gasteiger partial charge in [-0.05, 0) is 35.9 Å². The van der Waals surface area contributed by atoms with Crippen molar-refractivity contribution in [3.63, 3.8) is 0 Å². The molecule has 0 atom stereocenters. The molecule has 0 aliphatic rings. The molecular weight excluding hydrogens is 402 g/mol. The van der Waals surface area contributed by atoms with Gasteiger partial charge in [-0.3, -0.25) is 9.59 Å². The van der Waals surface area contributed by atoms with Crippen LogP contribution < -0.4 is 10.9 Å². The minimum Gasteiger partial charge on any atom is -0.338 e. The van der Waals surface area contributed by atoms with E-state index in [-0.39, 0.29) is 17.8 Å². The number of amides is 1. The number of fused-ring (bicyclic) bond motifs is 1. The summed E-state index contributed by atoms with van der Waals surface area (Å²) in [6, 6.07) is 27.5. The molecular formula is C25H19N5O2. The van der Waals surface area contributed by atoms with Crippen molar-refractivity contribution in [1.82, 2.24) is 19.7 Å². The fourth-order valence-corrected chi connectivity index (χ4v) is 3.50. The second-order valence-electron chi connectivity index (χ2n) is 7.30. The molecule has 2 N–H and O–H groups in total. The van der Waals surface area contributed by atoms with Gasteiger partial charge in [-0.2, -0.15) is 5.10 Å². The largest absolute Gasteiger partial charge is 0.338 e. The van der Waals surface area contributed by atoms with Crippen LogP contribution in [0.2, 0.25) is 0 Å². The third kappa shape index (κ3) is 3.91. The lowest BCUT2D eigenvalue weighted by atomic mass is 10.1. The number of carbonyl (C=O) groups excluding carboxylic acids is 1. The predicted molar refractivity (Wildman–Crippen MR) is 124 cm³/mol. The Bertz CT molecular complexity index is 1440. The highest BCUT2D eigenvalue weighted by Gasteiger charge is 2.15. The Morgan fingerprint density at radius 2 is 1.62 bits per heavy atom. The van der Waals surface area contributed by atoms with Crippen LogP contribution in [0.25, 0.3) is 22.4 Å². The van der Waals surface area contributed by atoms with E-state index in [0.717, 1.165) is 22.2 Å². The van der Waals surface area contributed by atoms with Crippen LogP contribution >= 0.6 is 0 Å². The van der Waals surface area contributed by atoms with E-state index in [1.807, 2.05) is 72.8 Å². The first-order valence-electron chi connectivity index (χ1n) is 10.1. The molecule has 7 heteroatoms. The lowest BCUT2D eigenvalue weighted by molar-refractivity contribution is 0.102. The molecule has 32 heavy (non-hydrogen) atoms. The minimum atomic E-state index is -0.407. The highest BCUT2D eigenvalue weighted by Crippen LogP contribution is 2.27. The van der Waals surface area contributed by atoms with Gasteiger partial charge in [-0.1, -0.05) is 54.6 Å². The molecule has 5 aromatic rings. The monoisotopic (exact) mass is 421 g/mol. The summed E-state index contributed by atoms with van der Waals surface area (Å²) in [5.74, 6) is 0.250. The molecule has 2 heterocycles. The summed E-state index contributed by atoms with van der Waals surface area (Å²) in [6.07, 6.45) is 0. The van der Waals surface area contributed by atoms with Crippen molar-refractivity contribution in [2.45, 2.75) is 6.54 Å². The second-order valence-corrected chi connectivity index (χ2v) is 7.30. The van der Waals surface area contributed by atoms with Crippen LogP contribution in [0, 0.1) is 0 Å². The molecule has 156 valence electrons. The van der Waals surface area contributed by atoms with Crippen molar-refractivity contribution in [2.75, 3.05) is 5.32 Å². The zero-order chi connectivity index (χ0) is 21.9. The molecule has 0 radical (unpaired) electrons. The molecule has 1 amide bonds. The number of para-hydroxylation sites is 3. The van der Waals surface area contributed by atoms with Crippen molar-refractivity contribution in [1.29, 1.82) is 0 Å². The number of imidazole rings is 1. The van der Waals surface area contributed by atoms with Gasteiger partial charge >= 0.3 is 0 Å². The molecule has 5 rings (SSSR count). The third-order valence-corrected chi connectivity index (χ3v) is 5.09. The smallest absolute Gasteiger partial charge is 0.276 e. The summed E-state index contributed by atoms with van der Waals surface area (Å²) in [5.41, 5.74) is 3.92. The van der Waals surface area contributed by atoms with Gasteiger partial charge in [-0.25, -0.2) is 9.67 Å². The molecule has 0 saturated carbocycles.